The van der Waals surface area contributed by atoms with Crippen molar-refractivity contribution in [2.24, 2.45) is 7.05 Å². The third-order valence-corrected chi connectivity index (χ3v) is 6.82. The third kappa shape index (κ3) is 5.69. The molecular weight excluding hydrogens is 485 g/mol. The smallest absolute Gasteiger partial charge is 0.259 e. The first kappa shape index (κ1) is 25.2. The van der Waals surface area contributed by atoms with Gasteiger partial charge in [-0.1, -0.05) is 43.1 Å². The number of anilines is 2. The Kier molecular flexibility index (Phi) is 8.11. The molecule has 2 aromatic heterocycles. The fourth-order valence-corrected chi connectivity index (χ4v) is 4.73. The fourth-order valence-electron chi connectivity index (χ4n) is 4.04. The van der Waals surface area contributed by atoms with Crippen LogP contribution in [0, 0.1) is 0 Å². The summed E-state index contributed by atoms with van der Waals surface area (Å²) >= 11 is 12.8. The van der Waals surface area contributed by atoms with Crippen LogP contribution in [0.25, 0.3) is 16.6 Å². The number of hydrogen-bond acceptors (Lipinski definition) is 6. The summed E-state index contributed by atoms with van der Waals surface area (Å²) in [5, 5.41) is 5.00. The SMILES string of the molecule is CCN(CC)CCOc1ccc(Nc2ncc3cc(C4=C(Cl)CCC=C4Cl)c(=O)n(C)c3n2)cc1. The monoisotopic (exact) mass is 513 g/mol. The molecule has 1 aliphatic rings. The van der Waals surface area contributed by atoms with E-state index in [1.165, 1.54) is 4.57 Å². The number of benzene rings is 1. The van der Waals surface area contributed by atoms with Crippen molar-refractivity contribution < 1.29 is 4.74 Å². The van der Waals surface area contributed by atoms with E-state index in [0.29, 0.717) is 45.8 Å². The van der Waals surface area contributed by atoms with Crippen LogP contribution in [0.2, 0.25) is 0 Å². The molecule has 0 bridgehead atoms. The van der Waals surface area contributed by atoms with Gasteiger partial charge < -0.3 is 15.0 Å². The molecule has 1 N–H and O–H groups in total. The van der Waals surface area contributed by atoms with Crippen molar-refractivity contribution in [3.8, 4) is 5.75 Å². The van der Waals surface area contributed by atoms with E-state index in [1.807, 2.05) is 30.3 Å². The Bertz CT molecular complexity index is 1330. The highest BCUT2D eigenvalue weighted by Gasteiger charge is 2.20. The van der Waals surface area contributed by atoms with E-state index < -0.39 is 0 Å². The lowest BCUT2D eigenvalue weighted by Gasteiger charge is -2.18. The number of rotatable bonds is 9. The maximum Gasteiger partial charge on any atom is 0.259 e. The summed E-state index contributed by atoms with van der Waals surface area (Å²) in [4.78, 5) is 24.5. The largest absolute Gasteiger partial charge is 0.492 e. The van der Waals surface area contributed by atoms with Crippen LogP contribution >= 0.6 is 23.2 Å². The Morgan fingerprint density at radius 3 is 2.60 bits per heavy atom. The van der Waals surface area contributed by atoms with E-state index in [1.54, 1.807) is 19.3 Å². The van der Waals surface area contributed by atoms with E-state index in [9.17, 15) is 4.79 Å². The number of ether oxygens (including phenoxy) is 1. The first-order chi connectivity index (χ1) is 16.9. The van der Waals surface area contributed by atoms with Gasteiger partial charge in [0.2, 0.25) is 5.95 Å². The average Bonchev–Trinajstić information content (AvgIpc) is 2.86. The first-order valence-electron chi connectivity index (χ1n) is 11.7. The van der Waals surface area contributed by atoms with Crippen LogP contribution in [-0.2, 0) is 7.05 Å². The van der Waals surface area contributed by atoms with Crippen LogP contribution in [-0.4, -0.2) is 45.7 Å². The zero-order valence-electron chi connectivity index (χ0n) is 20.1. The summed E-state index contributed by atoms with van der Waals surface area (Å²) in [6, 6.07) is 9.40. The number of aryl methyl sites for hydroxylation is 1. The molecule has 7 nitrogen and oxygen atoms in total. The van der Waals surface area contributed by atoms with Crippen molar-refractivity contribution >= 4 is 51.4 Å². The second-order valence-electron chi connectivity index (χ2n) is 8.29. The van der Waals surface area contributed by atoms with Gasteiger partial charge in [-0.15, -0.1) is 0 Å². The van der Waals surface area contributed by atoms with Gasteiger partial charge in [-0.3, -0.25) is 9.36 Å². The van der Waals surface area contributed by atoms with Gasteiger partial charge in [-0.25, -0.2) is 4.98 Å². The maximum absolute atomic E-state index is 13.1. The number of nitrogens with one attached hydrogen (secondary N) is 1. The number of nitrogens with zero attached hydrogens (tertiary/aromatic N) is 4. The molecular formula is C26H29Cl2N5O2. The summed E-state index contributed by atoms with van der Waals surface area (Å²) in [5.74, 6) is 1.20. The highest BCUT2D eigenvalue weighted by molar-refractivity contribution is 6.42. The van der Waals surface area contributed by atoms with E-state index in [0.717, 1.165) is 42.9 Å². The molecule has 0 amide bonds. The number of pyridine rings is 1. The normalized spacial score (nSPS) is 13.9. The molecule has 184 valence electrons. The fraction of sp³-hybridized carbons (Fsp3) is 0.346. The second kappa shape index (κ2) is 11.2. The summed E-state index contributed by atoms with van der Waals surface area (Å²) < 4.78 is 7.34. The Labute approximate surface area is 215 Å². The molecule has 0 saturated heterocycles. The lowest BCUT2D eigenvalue weighted by atomic mass is 9.99. The maximum atomic E-state index is 13.1. The molecule has 0 radical (unpaired) electrons. The van der Waals surface area contributed by atoms with Crippen molar-refractivity contribution in [3.63, 3.8) is 0 Å². The summed E-state index contributed by atoms with van der Waals surface area (Å²) in [6.45, 7) is 7.85. The number of likely N-dealkylation sites (N-methyl/N-ethyl adjacent to an activating group) is 1. The lowest BCUT2D eigenvalue weighted by Crippen LogP contribution is -2.27. The number of aromatic nitrogens is 3. The summed E-state index contributed by atoms with van der Waals surface area (Å²) in [6.07, 6.45) is 4.99. The van der Waals surface area contributed by atoms with Crippen LogP contribution in [0.5, 0.6) is 5.75 Å². The molecule has 0 unspecified atom stereocenters. The number of allylic oxidation sites excluding steroid dienone is 4. The molecule has 9 heteroatoms. The van der Waals surface area contributed by atoms with Gasteiger partial charge in [-0.2, -0.15) is 4.98 Å². The third-order valence-electron chi connectivity index (χ3n) is 6.10. The van der Waals surface area contributed by atoms with Crippen molar-refractivity contribution in [3.05, 3.63) is 68.6 Å². The molecule has 0 atom stereocenters. The Balaban J connectivity index is 1.52. The number of fused-ring (bicyclic) bond motifs is 1. The molecule has 2 heterocycles. The van der Waals surface area contributed by atoms with Crippen LogP contribution in [0.1, 0.15) is 32.3 Å². The van der Waals surface area contributed by atoms with Gasteiger partial charge in [-0.05, 0) is 56.3 Å². The standard InChI is InChI=1S/C26H29Cl2N5O2/c1-4-33(5-2)13-14-35-19-11-9-18(10-12-19)30-26-29-16-17-15-20(25(34)32(3)24(17)31-26)23-21(27)7-6-8-22(23)28/h7,9-12,15-16H,4-6,8,13-14H2,1-3H3,(H,29,30,31). The minimum Gasteiger partial charge on any atom is -0.492 e. The predicted molar refractivity (Wildman–Crippen MR) is 144 cm³/mol. The van der Waals surface area contributed by atoms with Crippen LogP contribution < -0.4 is 15.6 Å². The topological polar surface area (TPSA) is 72.3 Å². The van der Waals surface area contributed by atoms with E-state index in [-0.39, 0.29) is 5.56 Å². The van der Waals surface area contributed by atoms with Crippen molar-refractivity contribution in [1.29, 1.82) is 0 Å². The highest BCUT2D eigenvalue weighted by atomic mass is 35.5. The Morgan fingerprint density at radius 1 is 1.17 bits per heavy atom. The lowest BCUT2D eigenvalue weighted by molar-refractivity contribution is 0.223. The van der Waals surface area contributed by atoms with Crippen molar-refractivity contribution in [2.75, 3.05) is 31.6 Å². The van der Waals surface area contributed by atoms with Crippen LogP contribution in [0.3, 0.4) is 0 Å². The van der Waals surface area contributed by atoms with Gasteiger partial charge in [0.25, 0.3) is 5.56 Å². The van der Waals surface area contributed by atoms with Crippen LogP contribution in [0.4, 0.5) is 11.6 Å². The van der Waals surface area contributed by atoms with Crippen molar-refractivity contribution in [2.45, 2.75) is 26.7 Å². The highest BCUT2D eigenvalue weighted by Crippen LogP contribution is 2.36. The minimum atomic E-state index is -0.213. The Morgan fingerprint density at radius 2 is 1.91 bits per heavy atom. The second-order valence-corrected chi connectivity index (χ2v) is 9.15. The Hall–Kier alpha value is -2.87. The quantitative estimate of drug-likeness (QED) is 0.398. The molecule has 0 fully saturated rings. The molecule has 0 saturated carbocycles. The van der Waals surface area contributed by atoms with E-state index in [2.05, 4.69) is 34.0 Å². The van der Waals surface area contributed by atoms with Gasteiger partial charge in [0.1, 0.15) is 18.0 Å². The number of halogens is 2. The molecule has 1 aromatic carbocycles. The van der Waals surface area contributed by atoms with Gasteiger partial charge in [0.15, 0.2) is 0 Å². The molecule has 0 spiro atoms. The van der Waals surface area contributed by atoms with Gasteiger partial charge in [0.05, 0.1) is 5.56 Å². The van der Waals surface area contributed by atoms with Gasteiger partial charge >= 0.3 is 0 Å². The average molecular weight is 514 g/mol. The molecule has 3 aromatic rings. The summed E-state index contributed by atoms with van der Waals surface area (Å²) in [7, 11) is 1.68. The summed E-state index contributed by atoms with van der Waals surface area (Å²) in [5.41, 5.74) is 2.16. The first-order valence-corrected chi connectivity index (χ1v) is 12.5. The predicted octanol–water partition coefficient (Wildman–Crippen LogP) is 5.66. The molecule has 0 aliphatic heterocycles. The molecule has 1 aliphatic carbocycles. The number of hydrogen-bond donors (Lipinski definition) is 1. The molecule has 35 heavy (non-hydrogen) atoms. The van der Waals surface area contributed by atoms with Gasteiger partial charge in [0, 0.05) is 46.5 Å². The van der Waals surface area contributed by atoms with E-state index >= 15 is 0 Å². The minimum absolute atomic E-state index is 0.213. The van der Waals surface area contributed by atoms with E-state index in [4.69, 9.17) is 27.9 Å². The zero-order chi connectivity index (χ0) is 24.9. The molecule has 4 rings (SSSR count). The van der Waals surface area contributed by atoms with Crippen LogP contribution in [0.15, 0.2) is 57.5 Å². The van der Waals surface area contributed by atoms with Crippen molar-refractivity contribution in [1.82, 2.24) is 19.4 Å². The zero-order valence-corrected chi connectivity index (χ0v) is 21.7.